The first-order chi connectivity index (χ1) is 4.83. The second-order valence-corrected chi connectivity index (χ2v) is 2.97. The zero-order chi connectivity index (χ0) is 7.40. The number of piperidine rings is 1. The molecule has 13 heavy (non-hydrogen) atoms. The number of nitrogens with two attached hydrogens (primary N) is 2. The molecule has 3 nitrogen and oxygen atoms in total. The highest BCUT2D eigenvalue weighted by atomic mass is 35.5. The SMILES string of the molecule is Cl.Cl.Cl.NCCN1CCC(N)CC1. The van der Waals surface area contributed by atoms with Gasteiger partial charge >= 0.3 is 0 Å². The molecule has 0 aromatic carbocycles. The fourth-order valence-corrected chi connectivity index (χ4v) is 1.36. The van der Waals surface area contributed by atoms with Crippen LogP contribution in [0, 0.1) is 0 Å². The van der Waals surface area contributed by atoms with Gasteiger partial charge in [-0.25, -0.2) is 0 Å². The molecule has 0 bridgehead atoms. The average Bonchev–Trinajstić information content (AvgIpc) is 1.95. The number of hydrogen-bond acceptors (Lipinski definition) is 3. The molecule has 0 aromatic heterocycles. The molecule has 0 unspecified atom stereocenters. The Kier molecular flexibility index (Phi) is 16.1. The van der Waals surface area contributed by atoms with Crippen LogP contribution in [0.5, 0.6) is 0 Å². The summed E-state index contributed by atoms with van der Waals surface area (Å²) < 4.78 is 0. The molecule has 1 aliphatic heterocycles. The van der Waals surface area contributed by atoms with E-state index in [0.717, 1.165) is 39.0 Å². The Morgan fingerprint density at radius 2 is 1.54 bits per heavy atom. The lowest BCUT2D eigenvalue weighted by Crippen LogP contribution is -2.41. The Hall–Kier alpha value is 0.750. The zero-order valence-corrected chi connectivity index (χ0v) is 10.1. The molecular formula is C7H20Cl3N3. The van der Waals surface area contributed by atoms with Crippen molar-refractivity contribution in [3.8, 4) is 0 Å². The molecule has 1 saturated heterocycles. The topological polar surface area (TPSA) is 55.3 Å². The molecule has 0 atom stereocenters. The Morgan fingerprint density at radius 1 is 1.08 bits per heavy atom. The Bertz CT molecular complexity index is 97.0. The molecule has 0 aromatic rings. The van der Waals surface area contributed by atoms with Crippen molar-refractivity contribution in [2.75, 3.05) is 26.2 Å². The predicted octanol–water partition coefficient (Wildman–Crippen LogP) is 0.634. The Labute approximate surface area is 98.8 Å². The van der Waals surface area contributed by atoms with E-state index < -0.39 is 0 Å². The summed E-state index contributed by atoms with van der Waals surface area (Å²) in [5, 5.41) is 0. The third-order valence-electron chi connectivity index (χ3n) is 2.08. The number of rotatable bonds is 2. The van der Waals surface area contributed by atoms with Gasteiger partial charge in [0.15, 0.2) is 0 Å². The van der Waals surface area contributed by atoms with Gasteiger partial charge in [0.1, 0.15) is 0 Å². The van der Waals surface area contributed by atoms with E-state index in [1.54, 1.807) is 0 Å². The lowest BCUT2D eigenvalue weighted by atomic mass is 10.1. The summed E-state index contributed by atoms with van der Waals surface area (Å²) in [6.45, 7) is 4.08. The van der Waals surface area contributed by atoms with Gasteiger partial charge in [0.25, 0.3) is 0 Å². The minimum absolute atomic E-state index is 0. The Morgan fingerprint density at radius 3 is 1.92 bits per heavy atom. The van der Waals surface area contributed by atoms with Crippen LogP contribution in [-0.4, -0.2) is 37.1 Å². The van der Waals surface area contributed by atoms with Crippen LogP contribution in [0.3, 0.4) is 0 Å². The molecule has 0 amide bonds. The second kappa shape index (κ2) is 10.8. The second-order valence-electron chi connectivity index (χ2n) is 2.97. The maximum atomic E-state index is 5.74. The minimum atomic E-state index is 0. The van der Waals surface area contributed by atoms with Crippen molar-refractivity contribution in [1.29, 1.82) is 0 Å². The van der Waals surface area contributed by atoms with Crippen molar-refractivity contribution >= 4 is 37.2 Å². The first-order valence-electron chi connectivity index (χ1n) is 4.01. The zero-order valence-electron chi connectivity index (χ0n) is 7.65. The summed E-state index contributed by atoms with van der Waals surface area (Å²) >= 11 is 0. The van der Waals surface area contributed by atoms with Crippen LogP contribution in [0.4, 0.5) is 0 Å². The summed E-state index contributed by atoms with van der Waals surface area (Å²) in [5.74, 6) is 0. The van der Waals surface area contributed by atoms with Gasteiger partial charge < -0.3 is 16.4 Å². The highest BCUT2D eigenvalue weighted by Crippen LogP contribution is 2.06. The summed E-state index contributed by atoms with van der Waals surface area (Å²) in [6.07, 6.45) is 2.28. The van der Waals surface area contributed by atoms with E-state index in [-0.39, 0.29) is 37.2 Å². The Balaban J connectivity index is -0.000000333. The highest BCUT2D eigenvalue weighted by molar-refractivity contribution is 5.86. The molecule has 1 fully saturated rings. The van der Waals surface area contributed by atoms with Gasteiger partial charge in [0, 0.05) is 19.1 Å². The highest BCUT2D eigenvalue weighted by Gasteiger charge is 2.14. The van der Waals surface area contributed by atoms with Gasteiger partial charge in [-0.15, -0.1) is 37.2 Å². The minimum Gasteiger partial charge on any atom is -0.329 e. The first kappa shape index (κ1) is 19.3. The normalized spacial score (nSPS) is 18.0. The smallest absolute Gasteiger partial charge is 0.0105 e. The van der Waals surface area contributed by atoms with Crippen LogP contribution in [0.1, 0.15) is 12.8 Å². The predicted molar refractivity (Wildman–Crippen MR) is 64.4 cm³/mol. The van der Waals surface area contributed by atoms with Crippen LogP contribution in [-0.2, 0) is 0 Å². The van der Waals surface area contributed by atoms with Crippen molar-refractivity contribution in [1.82, 2.24) is 4.90 Å². The monoisotopic (exact) mass is 251 g/mol. The van der Waals surface area contributed by atoms with Crippen LogP contribution in [0.15, 0.2) is 0 Å². The molecule has 4 N–H and O–H groups in total. The lowest BCUT2D eigenvalue weighted by Gasteiger charge is -2.29. The van der Waals surface area contributed by atoms with Crippen LogP contribution >= 0.6 is 37.2 Å². The molecule has 6 heteroatoms. The fraction of sp³-hybridized carbons (Fsp3) is 1.00. The molecule has 0 aliphatic carbocycles. The third kappa shape index (κ3) is 7.79. The van der Waals surface area contributed by atoms with E-state index in [1.165, 1.54) is 0 Å². The largest absolute Gasteiger partial charge is 0.329 e. The van der Waals surface area contributed by atoms with Gasteiger partial charge in [-0.05, 0) is 25.9 Å². The molecule has 0 spiro atoms. The van der Waals surface area contributed by atoms with Gasteiger partial charge in [0.05, 0.1) is 0 Å². The average molecular weight is 253 g/mol. The molecular weight excluding hydrogens is 232 g/mol. The fourth-order valence-electron chi connectivity index (χ4n) is 1.36. The van der Waals surface area contributed by atoms with Gasteiger partial charge in [-0.1, -0.05) is 0 Å². The van der Waals surface area contributed by atoms with E-state index in [4.69, 9.17) is 11.5 Å². The first-order valence-corrected chi connectivity index (χ1v) is 4.01. The lowest BCUT2D eigenvalue weighted by molar-refractivity contribution is 0.219. The van der Waals surface area contributed by atoms with Crippen molar-refractivity contribution in [2.24, 2.45) is 11.5 Å². The maximum absolute atomic E-state index is 5.74. The summed E-state index contributed by atoms with van der Waals surface area (Å²) in [7, 11) is 0. The van der Waals surface area contributed by atoms with E-state index in [1.807, 2.05) is 0 Å². The van der Waals surface area contributed by atoms with E-state index in [2.05, 4.69) is 4.90 Å². The van der Waals surface area contributed by atoms with Crippen molar-refractivity contribution in [3.63, 3.8) is 0 Å². The summed E-state index contributed by atoms with van der Waals surface area (Å²) in [6, 6.07) is 0.439. The van der Waals surface area contributed by atoms with Gasteiger partial charge in [0.2, 0.25) is 0 Å². The molecule has 1 aliphatic rings. The molecule has 0 saturated carbocycles. The molecule has 0 radical (unpaired) electrons. The standard InChI is InChI=1S/C7H17N3.3ClH/c8-3-6-10-4-1-7(9)2-5-10;;;/h7H,1-6,8-9H2;3*1H. The summed E-state index contributed by atoms with van der Waals surface area (Å²) in [5.41, 5.74) is 11.2. The molecule has 84 valence electrons. The van der Waals surface area contributed by atoms with Crippen molar-refractivity contribution in [3.05, 3.63) is 0 Å². The summed E-state index contributed by atoms with van der Waals surface area (Å²) in [4.78, 5) is 2.38. The number of nitrogens with zero attached hydrogens (tertiary/aromatic N) is 1. The quantitative estimate of drug-likeness (QED) is 0.758. The van der Waals surface area contributed by atoms with E-state index in [9.17, 15) is 0 Å². The number of likely N-dealkylation sites (tertiary alicyclic amines) is 1. The van der Waals surface area contributed by atoms with Crippen molar-refractivity contribution in [2.45, 2.75) is 18.9 Å². The van der Waals surface area contributed by atoms with E-state index >= 15 is 0 Å². The maximum Gasteiger partial charge on any atom is 0.0105 e. The van der Waals surface area contributed by atoms with Gasteiger partial charge in [-0.3, -0.25) is 0 Å². The number of halogens is 3. The molecule has 1 heterocycles. The van der Waals surface area contributed by atoms with Crippen molar-refractivity contribution < 1.29 is 0 Å². The molecule has 1 rings (SSSR count). The van der Waals surface area contributed by atoms with Crippen LogP contribution in [0.25, 0.3) is 0 Å². The van der Waals surface area contributed by atoms with E-state index in [0.29, 0.717) is 6.04 Å². The van der Waals surface area contributed by atoms with Gasteiger partial charge in [-0.2, -0.15) is 0 Å². The van der Waals surface area contributed by atoms with Crippen LogP contribution in [0.2, 0.25) is 0 Å². The number of hydrogen-bond donors (Lipinski definition) is 2. The van der Waals surface area contributed by atoms with Crippen LogP contribution < -0.4 is 11.5 Å². The third-order valence-corrected chi connectivity index (χ3v) is 2.08.